The molecule has 0 aliphatic carbocycles. The maximum atomic E-state index is 10.2. The third kappa shape index (κ3) is 21.0. The molecule has 2 saturated heterocycles. The van der Waals surface area contributed by atoms with Crippen molar-refractivity contribution in [3.8, 4) is 0 Å². The van der Waals surface area contributed by atoms with Crippen LogP contribution in [0.3, 0.4) is 0 Å². The van der Waals surface area contributed by atoms with E-state index in [1.165, 1.54) is 0 Å². The van der Waals surface area contributed by atoms with Crippen molar-refractivity contribution in [3.05, 3.63) is 0 Å². The van der Waals surface area contributed by atoms with Crippen LogP contribution in [0.25, 0.3) is 0 Å². The van der Waals surface area contributed by atoms with E-state index in [0.29, 0.717) is 0 Å². The van der Waals surface area contributed by atoms with Crippen LogP contribution in [0.1, 0.15) is 67.2 Å². The zero-order valence-corrected chi connectivity index (χ0v) is 18.2. The van der Waals surface area contributed by atoms with Gasteiger partial charge in [-0.2, -0.15) is 10.1 Å². The molecule has 2 aliphatic rings. The fourth-order valence-electron chi connectivity index (χ4n) is 1.13. The second kappa shape index (κ2) is 13.1. The topological polar surface area (TPSA) is 156 Å². The molecule has 2 rings (SSSR count). The number of hydrogen-bond donors (Lipinski definition) is 4. The maximum absolute atomic E-state index is 10.2. The normalized spacial score (nSPS) is 16.5. The smallest absolute Gasteiger partial charge is 0.253 e. The van der Waals surface area contributed by atoms with Crippen molar-refractivity contribution in [2.75, 3.05) is 0 Å². The monoisotopic (exact) mass is 426 g/mol. The van der Waals surface area contributed by atoms with Gasteiger partial charge < -0.3 is 10.2 Å². The molecule has 2 heterocycles. The SMILES string of the molecule is CC(C)(C)O.CC(C)(C)O.O=C1CCC(=O)N1O.O=C1CCC(=O)N1O.[Ti]. The number of hydrogen-bond acceptors (Lipinski definition) is 8. The number of carbonyl (C=O) groups excluding carboxylic acids is 4. The standard InChI is InChI=1S/2C4H5NO3.2C4H10O.Ti/c2*6-3-1-2-4(7)5(3)8;2*1-4(2,3)5;/h2*8H,1-2H2;2*5H,1-3H3;. The molecule has 0 aromatic carbocycles. The number of amides is 4. The van der Waals surface area contributed by atoms with Crippen LogP contribution in [0, 0.1) is 0 Å². The fourth-order valence-corrected chi connectivity index (χ4v) is 1.13. The molecule has 0 spiro atoms. The van der Waals surface area contributed by atoms with Crippen LogP contribution in [-0.2, 0) is 40.9 Å². The molecule has 0 atom stereocenters. The number of hydroxylamine groups is 4. The Morgan fingerprint density at radius 2 is 0.704 bits per heavy atom. The summed E-state index contributed by atoms with van der Waals surface area (Å²) in [6.45, 7) is 10.5. The number of rotatable bonds is 0. The molecule has 2 fully saturated rings. The summed E-state index contributed by atoms with van der Waals surface area (Å²) in [5.41, 5.74) is -1.00. The molecule has 0 unspecified atom stereocenters. The summed E-state index contributed by atoms with van der Waals surface area (Å²) in [7, 11) is 0. The number of carbonyl (C=O) groups is 4. The minimum atomic E-state index is -0.505. The third-order valence-corrected chi connectivity index (χ3v) is 2.05. The van der Waals surface area contributed by atoms with E-state index in [4.69, 9.17) is 20.6 Å². The number of imide groups is 2. The quantitative estimate of drug-likeness (QED) is 0.249. The molecule has 0 aromatic rings. The zero-order valence-electron chi connectivity index (χ0n) is 16.6. The zero-order chi connectivity index (χ0) is 21.3. The van der Waals surface area contributed by atoms with Crippen molar-refractivity contribution < 1.29 is 61.5 Å². The van der Waals surface area contributed by atoms with E-state index in [1.807, 2.05) is 0 Å². The molecule has 4 amide bonds. The fraction of sp³-hybridized carbons (Fsp3) is 0.750. The molecule has 4 N–H and O–H groups in total. The Bertz CT molecular complexity index is 422. The summed E-state index contributed by atoms with van der Waals surface area (Å²) in [6.07, 6.45) is 0.593. The van der Waals surface area contributed by atoms with E-state index < -0.39 is 34.8 Å². The van der Waals surface area contributed by atoms with Crippen molar-refractivity contribution in [2.45, 2.75) is 78.4 Å². The van der Waals surface area contributed by atoms with Crippen molar-refractivity contribution >= 4 is 23.6 Å². The van der Waals surface area contributed by atoms with Crippen molar-refractivity contribution in [2.24, 2.45) is 0 Å². The predicted molar refractivity (Wildman–Crippen MR) is 89.7 cm³/mol. The first-order chi connectivity index (χ1) is 11.4. The third-order valence-electron chi connectivity index (χ3n) is 2.05. The molecule has 156 valence electrons. The van der Waals surface area contributed by atoms with Gasteiger partial charge >= 0.3 is 0 Å². The molecule has 0 aromatic heterocycles. The van der Waals surface area contributed by atoms with Gasteiger partial charge in [-0.1, -0.05) is 0 Å². The summed E-state index contributed by atoms with van der Waals surface area (Å²) >= 11 is 0. The van der Waals surface area contributed by atoms with E-state index >= 15 is 0 Å². The van der Waals surface area contributed by atoms with Gasteiger partial charge in [0.25, 0.3) is 23.6 Å². The Kier molecular flexibility index (Phi) is 14.8. The molecule has 11 heteroatoms. The van der Waals surface area contributed by atoms with E-state index in [9.17, 15) is 19.2 Å². The Balaban J connectivity index is -0.000000289. The van der Waals surface area contributed by atoms with Gasteiger partial charge in [0.15, 0.2) is 0 Å². The Labute approximate surface area is 173 Å². The second-order valence-corrected chi connectivity index (χ2v) is 7.54. The second-order valence-electron chi connectivity index (χ2n) is 7.54. The van der Waals surface area contributed by atoms with E-state index in [1.54, 1.807) is 41.5 Å². The van der Waals surface area contributed by atoms with Crippen LogP contribution in [0.4, 0.5) is 0 Å². The minimum absolute atomic E-state index is 0. The Morgan fingerprint density at radius 3 is 0.741 bits per heavy atom. The van der Waals surface area contributed by atoms with E-state index in [0.717, 1.165) is 0 Å². The Hall–Kier alpha value is -1.17. The van der Waals surface area contributed by atoms with Crippen molar-refractivity contribution in [1.29, 1.82) is 0 Å². The van der Waals surface area contributed by atoms with E-state index in [2.05, 4.69) is 0 Å². The molecule has 0 bridgehead atoms. The summed E-state index contributed by atoms with van der Waals surface area (Å²) in [6, 6.07) is 0. The first-order valence-electron chi connectivity index (χ1n) is 7.97. The van der Waals surface area contributed by atoms with Crippen LogP contribution < -0.4 is 0 Å². The predicted octanol–water partition coefficient (Wildman–Crippen LogP) is 0.601. The van der Waals surface area contributed by atoms with Gasteiger partial charge in [-0.3, -0.25) is 29.6 Å². The van der Waals surface area contributed by atoms with E-state index in [-0.39, 0.29) is 57.5 Å². The van der Waals surface area contributed by atoms with Crippen molar-refractivity contribution in [1.82, 2.24) is 10.1 Å². The first kappa shape index (κ1) is 30.6. The summed E-state index contributed by atoms with van der Waals surface area (Å²) < 4.78 is 0. The van der Waals surface area contributed by atoms with Gasteiger partial charge in [-0.15, -0.1) is 0 Å². The summed E-state index contributed by atoms with van der Waals surface area (Å²) in [5.74, 6) is -2.02. The molecule has 27 heavy (non-hydrogen) atoms. The number of nitrogens with zero attached hydrogens (tertiary/aromatic N) is 2. The molecular weight excluding hydrogens is 396 g/mol. The first-order valence-corrected chi connectivity index (χ1v) is 7.97. The van der Waals surface area contributed by atoms with Crippen LogP contribution in [0.15, 0.2) is 0 Å². The largest absolute Gasteiger partial charge is 0.391 e. The summed E-state index contributed by atoms with van der Waals surface area (Å²) in [5, 5.41) is 34.2. The average Bonchev–Trinajstić information content (AvgIpc) is 2.86. The summed E-state index contributed by atoms with van der Waals surface area (Å²) in [4.78, 5) is 41.0. The maximum Gasteiger partial charge on any atom is 0.253 e. The molecule has 0 saturated carbocycles. The van der Waals surface area contributed by atoms with Crippen LogP contribution in [0.2, 0.25) is 0 Å². The van der Waals surface area contributed by atoms with Gasteiger partial charge in [0.05, 0.1) is 11.2 Å². The van der Waals surface area contributed by atoms with Crippen LogP contribution >= 0.6 is 0 Å². The Morgan fingerprint density at radius 1 is 0.593 bits per heavy atom. The molecule has 10 nitrogen and oxygen atoms in total. The molecular formula is C16H30N2O8Ti. The van der Waals surface area contributed by atoms with Crippen LogP contribution in [-0.4, -0.2) is 65.6 Å². The van der Waals surface area contributed by atoms with Crippen molar-refractivity contribution in [3.63, 3.8) is 0 Å². The molecule has 2 aliphatic heterocycles. The van der Waals surface area contributed by atoms with Gasteiger partial charge in [-0.25, -0.2) is 0 Å². The average molecular weight is 426 g/mol. The van der Waals surface area contributed by atoms with Gasteiger partial charge in [0.2, 0.25) is 0 Å². The number of aliphatic hydroxyl groups is 2. The van der Waals surface area contributed by atoms with Crippen LogP contribution in [0.5, 0.6) is 0 Å². The minimum Gasteiger partial charge on any atom is -0.391 e. The molecule has 0 radical (unpaired) electrons. The van der Waals surface area contributed by atoms with Gasteiger partial charge in [0.1, 0.15) is 0 Å². The van der Waals surface area contributed by atoms with Gasteiger partial charge in [0, 0.05) is 47.4 Å². The van der Waals surface area contributed by atoms with Gasteiger partial charge in [-0.05, 0) is 41.5 Å².